The standard InChI is InChI=1S/C9H11FO2S/c1-9(2,10)7-4-3-5-8(6-7)13(11)12/h3-6H,1-2H3,(H,11,12). The first kappa shape index (κ1) is 10.3. The van der Waals surface area contributed by atoms with E-state index in [0.717, 1.165) is 0 Å². The van der Waals surface area contributed by atoms with E-state index in [0.29, 0.717) is 5.56 Å². The highest BCUT2D eigenvalue weighted by atomic mass is 32.2. The van der Waals surface area contributed by atoms with E-state index in [4.69, 9.17) is 4.55 Å². The molecule has 0 bridgehead atoms. The minimum Gasteiger partial charge on any atom is -0.302 e. The molecule has 0 spiro atoms. The predicted molar refractivity (Wildman–Crippen MR) is 49.6 cm³/mol. The van der Waals surface area contributed by atoms with E-state index in [1.807, 2.05) is 0 Å². The topological polar surface area (TPSA) is 37.3 Å². The fraction of sp³-hybridized carbons (Fsp3) is 0.333. The highest BCUT2D eigenvalue weighted by Crippen LogP contribution is 2.25. The first-order valence-electron chi connectivity index (χ1n) is 3.81. The van der Waals surface area contributed by atoms with Crippen molar-refractivity contribution in [3.8, 4) is 0 Å². The van der Waals surface area contributed by atoms with Crippen molar-refractivity contribution in [3.63, 3.8) is 0 Å². The summed E-state index contributed by atoms with van der Waals surface area (Å²) in [6.07, 6.45) is 0. The first-order chi connectivity index (χ1) is 5.91. The van der Waals surface area contributed by atoms with Crippen LogP contribution in [0.5, 0.6) is 0 Å². The van der Waals surface area contributed by atoms with Crippen molar-refractivity contribution in [2.24, 2.45) is 0 Å². The third-order valence-electron chi connectivity index (χ3n) is 1.72. The van der Waals surface area contributed by atoms with Crippen LogP contribution in [0, 0.1) is 0 Å². The molecule has 1 aromatic rings. The largest absolute Gasteiger partial charge is 0.302 e. The Kier molecular flexibility index (Phi) is 2.83. The fourth-order valence-electron chi connectivity index (χ4n) is 0.975. The third-order valence-corrected chi connectivity index (χ3v) is 2.38. The zero-order valence-electron chi connectivity index (χ0n) is 7.45. The quantitative estimate of drug-likeness (QED) is 0.748. The van der Waals surface area contributed by atoms with Gasteiger partial charge in [-0.3, -0.25) is 0 Å². The van der Waals surface area contributed by atoms with Gasteiger partial charge in [0, 0.05) is 0 Å². The lowest BCUT2D eigenvalue weighted by Crippen LogP contribution is -2.09. The molecule has 0 saturated carbocycles. The molecule has 0 saturated heterocycles. The van der Waals surface area contributed by atoms with Crippen molar-refractivity contribution in [2.75, 3.05) is 0 Å². The average Bonchev–Trinajstić information content (AvgIpc) is 2.03. The van der Waals surface area contributed by atoms with E-state index in [9.17, 15) is 8.60 Å². The number of hydrogen-bond donors (Lipinski definition) is 1. The van der Waals surface area contributed by atoms with Crippen LogP contribution in [0.2, 0.25) is 0 Å². The maximum absolute atomic E-state index is 13.4. The Morgan fingerprint density at radius 3 is 2.54 bits per heavy atom. The van der Waals surface area contributed by atoms with E-state index in [1.165, 1.54) is 26.0 Å². The lowest BCUT2D eigenvalue weighted by molar-refractivity contribution is 0.221. The fourth-order valence-corrected chi connectivity index (χ4v) is 1.40. The van der Waals surface area contributed by atoms with Gasteiger partial charge < -0.3 is 4.55 Å². The molecular weight excluding hydrogens is 191 g/mol. The molecule has 13 heavy (non-hydrogen) atoms. The molecule has 1 N–H and O–H groups in total. The van der Waals surface area contributed by atoms with Gasteiger partial charge in [-0.05, 0) is 31.5 Å². The van der Waals surface area contributed by atoms with Gasteiger partial charge in [0.05, 0.1) is 4.90 Å². The van der Waals surface area contributed by atoms with Crippen LogP contribution in [-0.2, 0) is 16.7 Å². The highest BCUT2D eigenvalue weighted by Gasteiger charge is 2.19. The van der Waals surface area contributed by atoms with Gasteiger partial charge in [-0.15, -0.1) is 0 Å². The van der Waals surface area contributed by atoms with Gasteiger partial charge in [-0.2, -0.15) is 0 Å². The molecule has 0 aliphatic heterocycles. The lowest BCUT2D eigenvalue weighted by atomic mass is 10.0. The van der Waals surface area contributed by atoms with E-state index in [1.54, 1.807) is 12.1 Å². The summed E-state index contributed by atoms with van der Waals surface area (Å²) in [5.41, 5.74) is -1.07. The molecule has 0 aliphatic rings. The van der Waals surface area contributed by atoms with Crippen molar-refractivity contribution < 1.29 is 13.2 Å². The Morgan fingerprint density at radius 1 is 1.46 bits per heavy atom. The van der Waals surface area contributed by atoms with E-state index in [-0.39, 0.29) is 4.90 Å². The molecule has 2 nitrogen and oxygen atoms in total. The molecule has 1 aromatic carbocycles. The van der Waals surface area contributed by atoms with Gasteiger partial charge in [0.15, 0.2) is 11.1 Å². The summed E-state index contributed by atoms with van der Waals surface area (Å²) in [5, 5.41) is 0. The summed E-state index contributed by atoms with van der Waals surface area (Å²) in [6.45, 7) is 2.82. The van der Waals surface area contributed by atoms with Crippen LogP contribution in [0.15, 0.2) is 29.2 Å². The molecule has 0 amide bonds. The summed E-state index contributed by atoms with van der Waals surface area (Å²) in [6, 6.07) is 6.05. The van der Waals surface area contributed by atoms with E-state index < -0.39 is 16.7 Å². The molecule has 0 aliphatic carbocycles. The molecule has 0 radical (unpaired) electrons. The van der Waals surface area contributed by atoms with Gasteiger partial charge >= 0.3 is 0 Å². The van der Waals surface area contributed by atoms with E-state index in [2.05, 4.69) is 0 Å². The minimum atomic E-state index is -2.04. The minimum absolute atomic E-state index is 0.225. The van der Waals surface area contributed by atoms with Crippen LogP contribution >= 0.6 is 0 Å². The molecule has 1 rings (SSSR count). The number of benzene rings is 1. The number of halogens is 1. The zero-order valence-corrected chi connectivity index (χ0v) is 8.27. The van der Waals surface area contributed by atoms with Crippen molar-refractivity contribution in [1.82, 2.24) is 0 Å². The second-order valence-electron chi connectivity index (χ2n) is 3.25. The molecule has 1 atom stereocenters. The maximum atomic E-state index is 13.4. The highest BCUT2D eigenvalue weighted by molar-refractivity contribution is 7.79. The molecule has 72 valence electrons. The Hall–Kier alpha value is -0.740. The summed E-state index contributed by atoms with van der Waals surface area (Å²) >= 11 is -2.04. The Balaban J connectivity index is 3.13. The molecular formula is C9H11FO2S. The van der Waals surface area contributed by atoms with Gasteiger partial charge in [0.1, 0.15) is 5.67 Å². The van der Waals surface area contributed by atoms with Crippen molar-refractivity contribution in [2.45, 2.75) is 24.4 Å². The predicted octanol–water partition coefficient (Wildman–Crippen LogP) is 2.47. The number of hydrogen-bond acceptors (Lipinski definition) is 1. The van der Waals surface area contributed by atoms with Gasteiger partial charge in [-0.25, -0.2) is 8.60 Å². The van der Waals surface area contributed by atoms with Crippen LogP contribution in [0.1, 0.15) is 19.4 Å². The SMILES string of the molecule is CC(C)(F)c1cccc(S(=O)O)c1. The maximum Gasteiger partial charge on any atom is 0.186 e. The number of alkyl halides is 1. The lowest BCUT2D eigenvalue weighted by Gasteiger charge is -2.14. The summed E-state index contributed by atoms with van der Waals surface area (Å²) in [5.74, 6) is 0. The third kappa shape index (κ3) is 2.60. The molecule has 1 unspecified atom stereocenters. The Morgan fingerprint density at radius 2 is 2.08 bits per heavy atom. The second kappa shape index (κ2) is 3.55. The summed E-state index contributed by atoms with van der Waals surface area (Å²) in [7, 11) is 0. The Bertz CT molecular complexity index is 331. The summed E-state index contributed by atoms with van der Waals surface area (Å²) < 4.78 is 32.8. The zero-order chi connectivity index (χ0) is 10.1. The smallest absolute Gasteiger partial charge is 0.186 e. The van der Waals surface area contributed by atoms with Crippen LogP contribution < -0.4 is 0 Å². The molecule has 0 aromatic heterocycles. The van der Waals surface area contributed by atoms with Gasteiger partial charge in [0.25, 0.3) is 0 Å². The molecule has 0 heterocycles. The van der Waals surface area contributed by atoms with Crippen LogP contribution in [0.4, 0.5) is 4.39 Å². The van der Waals surface area contributed by atoms with Crippen LogP contribution in [0.3, 0.4) is 0 Å². The molecule has 4 heteroatoms. The molecule has 0 fully saturated rings. The Labute approximate surface area is 79.1 Å². The second-order valence-corrected chi connectivity index (χ2v) is 4.22. The summed E-state index contributed by atoms with van der Waals surface area (Å²) in [4.78, 5) is 0.225. The number of rotatable bonds is 2. The normalized spacial score (nSPS) is 14.2. The monoisotopic (exact) mass is 202 g/mol. The van der Waals surface area contributed by atoms with E-state index >= 15 is 0 Å². The van der Waals surface area contributed by atoms with Crippen LogP contribution in [-0.4, -0.2) is 8.76 Å². The van der Waals surface area contributed by atoms with Crippen molar-refractivity contribution in [1.29, 1.82) is 0 Å². The first-order valence-corrected chi connectivity index (χ1v) is 4.92. The van der Waals surface area contributed by atoms with Crippen LogP contribution in [0.25, 0.3) is 0 Å². The van der Waals surface area contributed by atoms with Gasteiger partial charge in [-0.1, -0.05) is 12.1 Å². The van der Waals surface area contributed by atoms with Crippen molar-refractivity contribution in [3.05, 3.63) is 29.8 Å². The average molecular weight is 202 g/mol. The van der Waals surface area contributed by atoms with Crippen molar-refractivity contribution >= 4 is 11.1 Å². The van der Waals surface area contributed by atoms with Gasteiger partial charge in [0.2, 0.25) is 0 Å².